The first kappa shape index (κ1) is 15.9. The zero-order valence-corrected chi connectivity index (χ0v) is 13.3. The average molecular weight is 324 g/mol. The minimum Gasteiger partial charge on any atom is -0.468 e. The minimum atomic E-state index is -1.27. The number of rotatable bonds is 2. The van der Waals surface area contributed by atoms with Crippen molar-refractivity contribution in [1.82, 2.24) is 0 Å². The van der Waals surface area contributed by atoms with Gasteiger partial charge in [-0.2, -0.15) is 0 Å². The third kappa shape index (κ3) is 3.33. The first-order chi connectivity index (χ1) is 11.5. The van der Waals surface area contributed by atoms with Gasteiger partial charge >= 0.3 is 11.9 Å². The van der Waals surface area contributed by atoms with Gasteiger partial charge in [-0.25, -0.2) is 0 Å². The number of hydrogen-bond acceptors (Lipinski definition) is 5. The van der Waals surface area contributed by atoms with E-state index in [-0.39, 0.29) is 0 Å². The highest BCUT2D eigenvalue weighted by Crippen LogP contribution is 2.33. The summed E-state index contributed by atoms with van der Waals surface area (Å²) in [6.45, 7) is 3.02. The van der Waals surface area contributed by atoms with Gasteiger partial charge in [0, 0.05) is 19.4 Å². The topological polar surface area (TPSA) is 65.7 Å². The molecular weight excluding hydrogens is 308 g/mol. The normalized spacial score (nSPS) is 18.1. The second-order valence-corrected chi connectivity index (χ2v) is 5.85. The van der Waals surface area contributed by atoms with Gasteiger partial charge in [0.2, 0.25) is 0 Å². The summed E-state index contributed by atoms with van der Waals surface area (Å²) >= 11 is 0. The Morgan fingerprint density at radius 3 is 2.25 bits per heavy atom. The van der Waals surface area contributed by atoms with Crippen molar-refractivity contribution in [3.05, 3.63) is 60.1 Å². The summed E-state index contributed by atoms with van der Waals surface area (Å²) in [5, 5.41) is 0. The quantitative estimate of drug-likeness (QED) is 0.483. The summed E-state index contributed by atoms with van der Waals surface area (Å²) in [7, 11) is 0. The van der Waals surface area contributed by atoms with Gasteiger partial charge in [0.25, 0.3) is 5.79 Å². The van der Waals surface area contributed by atoms with Gasteiger partial charge in [-0.15, -0.1) is 0 Å². The molecule has 3 rings (SSSR count). The Morgan fingerprint density at radius 1 is 1.00 bits per heavy atom. The van der Waals surface area contributed by atoms with Crippen molar-refractivity contribution < 1.29 is 23.5 Å². The Morgan fingerprint density at radius 2 is 1.67 bits per heavy atom. The van der Waals surface area contributed by atoms with Crippen molar-refractivity contribution in [2.24, 2.45) is 5.92 Å². The van der Waals surface area contributed by atoms with Crippen molar-refractivity contribution in [1.29, 1.82) is 0 Å². The van der Waals surface area contributed by atoms with E-state index < -0.39 is 29.6 Å². The van der Waals surface area contributed by atoms with Crippen LogP contribution in [0.3, 0.4) is 0 Å². The Hall–Kier alpha value is -3.00. The summed E-state index contributed by atoms with van der Waals surface area (Å²) in [6.07, 6.45) is 1.47. The number of carbonyl (C=O) groups excluding carboxylic acids is 2. The van der Waals surface area contributed by atoms with E-state index in [1.807, 2.05) is 30.3 Å². The van der Waals surface area contributed by atoms with Crippen molar-refractivity contribution in [2.45, 2.75) is 25.6 Å². The van der Waals surface area contributed by atoms with Crippen LogP contribution in [-0.2, 0) is 19.1 Å². The van der Waals surface area contributed by atoms with Gasteiger partial charge in [0.15, 0.2) is 5.92 Å². The summed E-state index contributed by atoms with van der Waals surface area (Å²) in [5.74, 6) is 1.76. The molecule has 2 heterocycles. The molecule has 0 aliphatic carbocycles. The van der Waals surface area contributed by atoms with Gasteiger partial charge in [0.05, 0.1) is 6.26 Å². The fraction of sp³-hybridized carbons (Fsp3) is 0.263. The zero-order valence-electron chi connectivity index (χ0n) is 13.3. The molecule has 1 fully saturated rings. The molecule has 5 heteroatoms. The lowest BCUT2D eigenvalue weighted by atomic mass is 9.89. The van der Waals surface area contributed by atoms with Crippen molar-refractivity contribution in [3.63, 3.8) is 0 Å². The fourth-order valence-corrected chi connectivity index (χ4v) is 2.47. The van der Waals surface area contributed by atoms with Crippen molar-refractivity contribution in [2.75, 3.05) is 0 Å². The first-order valence-electron chi connectivity index (χ1n) is 7.52. The van der Waals surface area contributed by atoms with Crippen molar-refractivity contribution >= 4 is 11.9 Å². The molecule has 1 aliphatic heterocycles. The highest BCUT2D eigenvalue weighted by Gasteiger charge is 2.48. The Kier molecular flexibility index (Phi) is 4.13. The molecule has 0 saturated carbocycles. The minimum absolute atomic E-state index is 0.414. The molecule has 1 aliphatic rings. The van der Waals surface area contributed by atoms with Gasteiger partial charge in [-0.3, -0.25) is 9.59 Å². The number of hydrogen-bond donors (Lipinski definition) is 0. The fourth-order valence-electron chi connectivity index (χ4n) is 2.47. The maximum Gasteiger partial charge on any atom is 0.325 e. The smallest absolute Gasteiger partial charge is 0.325 e. The molecule has 1 aromatic heterocycles. The van der Waals surface area contributed by atoms with E-state index in [0.29, 0.717) is 5.76 Å². The monoisotopic (exact) mass is 324 g/mol. The number of furan rings is 1. The second kappa shape index (κ2) is 6.25. The lowest BCUT2D eigenvalue weighted by Gasteiger charge is -2.34. The van der Waals surface area contributed by atoms with Crippen LogP contribution in [0.5, 0.6) is 0 Å². The van der Waals surface area contributed by atoms with E-state index in [1.165, 1.54) is 20.1 Å². The molecule has 0 spiro atoms. The van der Waals surface area contributed by atoms with Gasteiger partial charge < -0.3 is 13.9 Å². The van der Waals surface area contributed by atoms with Crippen LogP contribution < -0.4 is 0 Å². The number of ether oxygens (including phenoxy) is 2. The Balaban J connectivity index is 1.96. The molecule has 1 saturated heterocycles. The van der Waals surface area contributed by atoms with E-state index in [4.69, 9.17) is 13.9 Å². The lowest BCUT2D eigenvalue weighted by Crippen LogP contribution is -2.48. The van der Waals surface area contributed by atoms with Crippen LogP contribution in [0.4, 0.5) is 0 Å². The Bertz CT molecular complexity index is 773. The molecule has 5 nitrogen and oxygen atoms in total. The largest absolute Gasteiger partial charge is 0.468 e. The van der Waals surface area contributed by atoms with E-state index in [2.05, 4.69) is 11.8 Å². The zero-order chi connectivity index (χ0) is 17.2. The molecular formula is C19H16O5. The van der Waals surface area contributed by atoms with E-state index in [0.717, 1.165) is 5.56 Å². The van der Waals surface area contributed by atoms with Crippen LogP contribution in [-0.4, -0.2) is 17.7 Å². The lowest BCUT2D eigenvalue weighted by molar-refractivity contribution is -0.240. The third-order valence-electron chi connectivity index (χ3n) is 3.53. The second-order valence-electron chi connectivity index (χ2n) is 5.85. The van der Waals surface area contributed by atoms with Crippen LogP contribution in [0.15, 0.2) is 53.1 Å². The van der Waals surface area contributed by atoms with Crippen LogP contribution in [0.1, 0.15) is 31.1 Å². The maximum absolute atomic E-state index is 12.3. The summed E-state index contributed by atoms with van der Waals surface area (Å²) in [4.78, 5) is 24.7. The SMILES string of the molecule is CC1(C)OC(=O)C([C@H](C#Cc2ccccc2)c2ccco2)C(=O)O1. The van der Waals surface area contributed by atoms with E-state index in [1.54, 1.807) is 12.1 Å². The van der Waals surface area contributed by atoms with Crippen molar-refractivity contribution in [3.8, 4) is 11.8 Å². The van der Waals surface area contributed by atoms with Gasteiger partial charge in [0.1, 0.15) is 11.7 Å². The molecule has 1 atom stereocenters. The predicted octanol–water partition coefficient (Wildman–Crippen LogP) is 2.87. The standard InChI is InChI=1S/C19H16O5/c1-19(2)23-17(20)16(18(21)24-19)14(15-9-6-12-22-15)11-10-13-7-4-3-5-8-13/h3-9,12,14,16H,1-2H3/t14-/m1/s1. The van der Waals surface area contributed by atoms with Crippen LogP contribution in [0, 0.1) is 17.8 Å². The summed E-state index contributed by atoms with van der Waals surface area (Å²) in [5.41, 5.74) is 0.770. The summed E-state index contributed by atoms with van der Waals surface area (Å²) < 4.78 is 15.8. The molecule has 122 valence electrons. The number of carbonyl (C=O) groups is 2. The highest BCUT2D eigenvalue weighted by molar-refractivity contribution is 5.98. The molecule has 2 aromatic rings. The van der Waals surface area contributed by atoms with Crippen LogP contribution in [0.25, 0.3) is 0 Å². The van der Waals surface area contributed by atoms with Crippen LogP contribution >= 0.6 is 0 Å². The molecule has 0 radical (unpaired) electrons. The van der Waals surface area contributed by atoms with E-state index in [9.17, 15) is 9.59 Å². The molecule has 1 aromatic carbocycles. The number of esters is 2. The third-order valence-corrected chi connectivity index (χ3v) is 3.53. The van der Waals surface area contributed by atoms with E-state index >= 15 is 0 Å². The number of cyclic esters (lactones) is 2. The highest BCUT2D eigenvalue weighted by atomic mass is 16.7. The molecule has 0 bridgehead atoms. The number of benzene rings is 1. The Labute approximate surface area is 139 Å². The summed E-state index contributed by atoms with van der Waals surface area (Å²) in [6, 6.07) is 12.6. The average Bonchev–Trinajstić information content (AvgIpc) is 3.04. The first-order valence-corrected chi connectivity index (χ1v) is 7.52. The van der Waals surface area contributed by atoms with Gasteiger partial charge in [-0.1, -0.05) is 30.0 Å². The molecule has 0 N–H and O–H groups in total. The van der Waals surface area contributed by atoms with Gasteiger partial charge in [-0.05, 0) is 24.3 Å². The predicted molar refractivity (Wildman–Crippen MR) is 84.5 cm³/mol. The maximum atomic E-state index is 12.3. The molecule has 0 unspecified atom stereocenters. The van der Waals surface area contributed by atoms with Crippen LogP contribution in [0.2, 0.25) is 0 Å². The molecule has 24 heavy (non-hydrogen) atoms. The molecule has 0 amide bonds.